The summed E-state index contributed by atoms with van der Waals surface area (Å²) in [5, 5.41) is 16.0. The summed E-state index contributed by atoms with van der Waals surface area (Å²) in [6.45, 7) is 11.4. The molecule has 2 saturated heterocycles. The van der Waals surface area contributed by atoms with E-state index in [2.05, 4.69) is 10.6 Å². The van der Waals surface area contributed by atoms with Gasteiger partial charge in [0.1, 0.15) is 11.2 Å². The average molecular weight is 464 g/mol. The average Bonchev–Trinajstić information content (AvgIpc) is 2.79. The number of nitro groups is 1. The van der Waals surface area contributed by atoms with E-state index in [1.165, 1.54) is 6.07 Å². The third kappa shape index (κ3) is 6.29. The first kappa shape index (κ1) is 25.1. The summed E-state index contributed by atoms with van der Waals surface area (Å²) in [5.74, 6) is -0.921. The number of nitrogens with two attached hydrogens (primary N) is 2. The van der Waals surface area contributed by atoms with Crippen molar-refractivity contribution in [1.82, 2.24) is 0 Å². The van der Waals surface area contributed by atoms with Crippen molar-refractivity contribution in [2.45, 2.75) is 64.6 Å². The number of piperidine rings is 2. The number of carbonyl (C=O) groups excluding carboxylic acids is 2. The van der Waals surface area contributed by atoms with Gasteiger partial charge in [-0.15, -0.1) is 0 Å². The van der Waals surface area contributed by atoms with Crippen LogP contribution >= 0.6 is 0 Å². The Morgan fingerprint density at radius 1 is 0.818 bits per heavy atom. The third-order valence-corrected chi connectivity index (χ3v) is 7.15. The van der Waals surface area contributed by atoms with Crippen LogP contribution in [0.15, 0.2) is 18.2 Å². The van der Waals surface area contributed by atoms with E-state index in [4.69, 9.17) is 9.47 Å². The van der Waals surface area contributed by atoms with Gasteiger partial charge in [-0.1, -0.05) is 0 Å². The number of ether oxygens (including phenoxy) is 2. The zero-order chi connectivity index (χ0) is 24.2. The van der Waals surface area contributed by atoms with Crippen molar-refractivity contribution >= 4 is 17.6 Å². The Hall–Kier alpha value is -2.52. The smallest absolute Gasteiger partial charge is 0.338 e. The summed E-state index contributed by atoms with van der Waals surface area (Å²) in [7, 11) is 0. The number of benzene rings is 1. The lowest BCUT2D eigenvalue weighted by Gasteiger charge is -2.35. The molecule has 33 heavy (non-hydrogen) atoms. The Labute approximate surface area is 194 Å². The fourth-order valence-corrected chi connectivity index (χ4v) is 4.96. The molecule has 9 heteroatoms. The Balaban J connectivity index is 1.80. The van der Waals surface area contributed by atoms with E-state index in [-0.39, 0.29) is 28.7 Å². The molecular weight excluding hydrogens is 426 g/mol. The molecule has 0 unspecified atom stereocenters. The molecule has 182 valence electrons. The highest BCUT2D eigenvalue weighted by atomic mass is 16.6. The molecule has 0 atom stereocenters. The number of hydrogen-bond donors (Lipinski definition) is 2. The minimum Gasteiger partial charge on any atom is -0.456 e. The zero-order valence-electron chi connectivity index (χ0n) is 20.1. The molecule has 0 aromatic heterocycles. The van der Waals surface area contributed by atoms with E-state index in [0.29, 0.717) is 0 Å². The summed E-state index contributed by atoms with van der Waals surface area (Å²) >= 11 is 0. The van der Waals surface area contributed by atoms with Crippen LogP contribution < -0.4 is 10.6 Å². The Morgan fingerprint density at radius 2 is 1.18 bits per heavy atom. The van der Waals surface area contributed by atoms with Gasteiger partial charge in [0.2, 0.25) is 0 Å². The van der Waals surface area contributed by atoms with Crippen molar-refractivity contribution in [3.63, 3.8) is 0 Å². The molecule has 0 aliphatic carbocycles. The molecule has 4 N–H and O–H groups in total. The maximum absolute atomic E-state index is 13.0. The van der Waals surface area contributed by atoms with Crippen molar-refractivity contribution in [2.75, 3.05) is 26.2 Å². The number of non-ortho nitro benzene ring substituents is 1. The van der Waals surface area contributed by atoms with E-state index in [1.54, 1.807) is 0 Å². The quantitative estimate of drug-likeness (QED) is 0.357. The van der Waals surface area contributed by atoms with Gasteiger partial charge in [-0.05, 0) is 33.8 Å². The van der Waals surface area contributed by atoms with Crippen LogP contribution in [0.2, 0.25) is 0 Å². The third-order valence-electron chi connectivity index (χ3n) is 7.15. The van der Waals surface area contributed by atoms with Crippen LogP contribution in [-0.2, 0) is 9.47 Å². The van der Waals surface area contributed by atoms with Gasteiger partial charge >= 0.3 is 11.9 Å². The monoisotopic (exact) mass is 463 g/mol. The number of nitrogens with zero attached hydrogens (tertiary/aromatic N) is 1. The van der Waals surface area contributed by atoms with Crippen LogP contribution in [0.25, 0.3) is 0 Å². The number of carbonyl (C=O) groups is 2. The fourth-order valence-electron chi connectivity index (χ4n) is 4.96. The van der Waals surface area contributed by atoms with Gasteiger partial charge in [-0.25, -0.2) is 9.59 Å². The Bertz CT molecular complexity index is 824. The second-order valence-electron chi connectivity index (χ2n) is 10.3. The highest BCUT2D eigenvalue weighted by Gasteiger charge is 2.37. The van der Waals surface area contributed by atoms with Crippen molar-refractivity contribution in [2.24, 2.45) is 11.8 Å². The van der Waals surface area contributed by atoms with Gasteiger partial charge < -0.3 is 20.1 Å². The van der Waals surface area contributed by atoms with Crippen molar-refractivity contribution in [3.8, 4) is 0 Å². The number of esters is 2. The van der Waals surface area contributed by atoms with Crippen LogP contribution in [0.3, 0.4) is 0 Å². The Kier molecular flexibility index (Phi) is 7.74. The van der Waals surface area contributed by atoms with E-state index in [9.17, 15) is 19.7 Å². The second kappa shape index (κ2) is 10.2. The molecule has 1 aromatic rings. The summed E-state index contributed by atoms with van der Waals surface area (Å²) in [5.41, 5.74) is -1.80. The van der Waals surface area contributed by atoms with Crippen LogP contribution in [0.1, 0.15) is 74.1 Å². The summed E-state index contributed by atoms with van der Waals surface area (Å²) < 4.78 is 11.6. The zero-order valence-corrected chi connectivity index (χ0v) is 20.1. The van der Waals surface area contributed by atoms with Gasteiger partial charge in [-0.2, -0.15) is 0 Å². The molecule has 2 fully saturated rings. The second-order valence-corrected chi connectivity index (χ2v) is 10.3. The van der Waals surface area contributed by atoms with E-state index < -0.39 is 28.1 Å². The molecule has 0 spiro atoms. The molecule has 0 amide bonds. The SMILES string of the molecule is CC(C)(OC(=O)c1cc(C(=O)OC(C)(C)C2CC[NH2+]CC2)cc([N+](=O)[O-])c1)C1CC[NH2+]CC1. The highest BCUT2D eigenvalue weighted by molar-refractivity contribution is 5.96. The normalized spacial score (nSPS) is 18.5. The van der Waals surface area contributed by atoms with Crippen LogP contribution in [-0.4, -0.2) is 54.2 Å². The Morgan fingerprint density at radius 3 is 1.52 bits per heavy atom. The lowest BCUT2D eigenvalue weighted by atomic mass is 9.83. The van der Waals surface area contributed by atoms with Gasteiger partial charge in [0.15, 0.2) is 0 Å². The predicted molar refractivity (Wildman–Crippen MR) is 121 cm³/mol. The summed E-state index contributed by atoms with van der Waals surface area (Å²) in [4.78, 5) is 36.9. The van der Waals surface area contributed by atoms with Crippen LogP contribution in [0.4, 0.5) is 5.69 Å². The van der Waals surface area contributed by atoms with E-state index >= 15 is 0 Å². The molecule has 2 aliphatic rings. The van der Waals surface area contributed by atoms with Crippen molar-refractivity contribution in [1.29, 1.82) is 0 Å². The molecule has 1 aromatic carbocycles. The maximum atomic E-state index is 13.0. The van der Waals surface area contributed by atoms with Crippen molar-refractivity contribution < 1.29 is 34.6 Å². The van der Waals surface area contributed by atoms with E-state index in [0.717, 1.165) is 64.0 Å². The number of nitro benzene ring substituents is 1. The molecule has 0 saturated carbocycles. The maximum Gasteiger partial charge on any atom is 0.338 e. The lowest BCUT2D eigenvalue weighted by Crippen LogP contribution is -2.86. The standard InChI is InChI=1S/C24H35N3O6/c1-23(2,18-5-9-25-10-6-18)32-21(28)16-13-17(15-20(14-16)27(30)31)22(29)33-24(3,4)19-7-11-26-12-8-19/h13-15,18-19,25-26H,5-12H2,1-4H3/p+2. The lowest BCUT2D eigenvalue weighted by molar-refractivity contribution is -0.666. The largest absolute Gasteiger partial charge is 0.456 e. The minimum atomic E-state index is -0.712. The van der Waals surface area contributed by atoms with Crippen molar-refractivity contribution in [3.05, 3.63) is 39.4 Å². The number of rotatable bonds is 7. The first-order valence-corrected chi connectivity index (χ1v) is 11.9. The number of hydrogen-bond acceptors (Lipinski definition) is 6. The molecule has 3 rings (SSSR count). The fraction of sp³-hybridized carbons (Fsp3) is 0.667. The molecule has 9 nitrogen and oxygen atoms in total. The minimum absolute atomic E-state index is 0.0170. The molecule has 2 aliphatic heterocycles. The van der Waals surface area contributed by atoms with Gasteiger partial charge in [0.25, 0.3) is 5.69 Å². The van der Waals surface area contributed by atoms with Gasteiger partial charge in [-0.3, -0.25) is 10.1 Å². The van der Waals surface area contributed by atoms with E-state index in [1.807, 2.05) is 27.7 Å². The van der Waals surface area contributed by atoms with Gasteiger partial charge in [0.05, 0.1) is 42.2 Å². The first-order valence-electron chi connectivity index (χ1n) is 11.9. The van der Waals surface area contributed by atoms with Gasteiger partial charge in [0, 0.05) is 49.7 Å². The summed E-state index contributed by atoms with van der Waals surface area (Å²) in [6, 6.07) is 3.66. The molecular formula is C24H37N3O6+2. The molecule has 0 radical (unpaired) electrons. The molecule has 0 bridgehead atoms. The van der Waals surface area contributed by atoms with Crippen LogP contribution in [0, 0.1) is 22.0 Å². The van der Waals surface area contributed by atoms with Crippen LogP contribution in [0.5, 0.6) is 0 Å². The summed E-state index contributed by atoms with van der Waals surface area (Å²) in [6.07, 6.45) is 3.73. The predicted octanol–water partition coefficient (Wildman–Crippen LogP) is 1.41. The first-order chi connectivity index (χ1) is 15.5. The highest BCUT2D eigenvalue weighted by Crippen LogP contribution is 2.31. The topological polar surface area (TPSA) is 129 Å². The number of quaternary nitrogens is 2. The molecule has 2 heterocycles.